The standard InChI is InChI=1S/C47H51N5O10/c1-11-26-22(3)30-18-32-24(5)28(13-14-37(53)58-7)42(51-32)29(17-38(54)59-8)43-39(25(6)33(52-43)20-35-27(12-2)23(4)31(50-35)19-34(26)49-30)44(55)48-21-47-16-15-36(62-47)40(45(56)60-9)41(47)46(57)61-10/h11,15-16,18-20,24,28,36,49-50H,1,12-14,17,21H2,2-10H3,(H,48,55)/t24-,28-,36?,47?/m0/s1. The number of esters is 4. The van der Waals surface area contributed by atoms with Crippen LogP contribution in [0.15, 0.2) is 48.1 Å². The maximum absolute atomic E-state index is 14.9. The van der Waals surface area contributed by atoms with E-state index in [4.69, 9.17) is 33.7 Å². The molecule has 15 nitrogen and oxygen atoms in total. The molecule has 0 fully saturated rings. The fourth-order valence-electron chi connectivity index (χ4n) is 9.12. The van der Waals surface area contributed by atoms with Crippen LogP contribution in [0.25, 0.3) is 39.3 Å². The molecule has 15 heteroatoms. The van der Waals surface area contributed by atoms with Crippen molar-refractivity contribution in [1.29, 1.82) is 0 Å². The van der Waals surface area contributed by atoms with Crippen molar-refractivity contribution in [3.8, 4) is 0 Å². The number of aromatic amines is 2. The predicted octanol–water partition coefficient (Wildman–Crippen LogP) is 6.09. The number of carbonyl (C=O) groups is 5. The number of fused-ring (bicyclic) bond motifs is 10. The van der Waals surface area contributed by atoms with Crippen molar-refractivity contribution in [2.45, 2.75) is 83.8 Å². The van der Waals surface area contributed by atoms with Crippen LogP contribution in [0.4, 0.5) is 0 Å². The van der Waals surface area contributed by atoms with Crippen LogP contribution in [-0.2, 0) is 60.5 Å². The largest absolute Gasteiger partial charge is 0.469 e. The minimum absolute atomic E-state index is 0.0105. The van der Waals surface area contributed by atoms with E-state index in [1.165, 1.54) is 28.4 Å². The van der Waals surface area contributed by atoms with Gasteiger partial charge in [-0.05, 0) is 80.2 Å². The number of nitrogens with zero attached hydrogens (tertiary/aromatic N) is 2. The summed E-state index contributed by atoms with van der Waals surface area (Å²) < 4.78 is 26.5. The number of rotatable bonds is 12. The summed E-state index contributed by atoms with van der Waals surface area (Å²) in [5, 5.41) is 2.95. The van der Waals surface area contributed by atoms with Crippen LogP contribution in [0.2, 0.25) is 0 Å². The number of nitrogens with one attached hydrogen (secondary N) is 3. The zero-order chi connectivity index (χ0) is 44.8. The lowest BCUT2D eigenvalue weighted by molar-refractivity contribution is -0.141. The predicted molar refractivity (Wildman–Crippen MR) is 231 cm³/mol. The minimum Gasteiger partial charge on any atom is -0.469 e. The normalized spacial score (nSPS) is 20.0. The van der Waals surface area contributed by atoms with E-state index in [1.54, 1.807) is 19.1 Å². The Bertz CT molecular complexity index is 2720. The van der Waals surface area contributed by atoms with Gasteiger partial charge >= 0.3 is 23.9 Å². The molecule has 0 saturated carbocycles. The molecular weight excluding hydrogens is 795 g/mol. The zero-order valence-corrected chi connectivity index (χ0v) is 36.4. The molecule has 3 aromatic rings. The Morgan fingerprint density at radius 3 is 2.23 bits per heavy atom. The van der Waals surface area contributed by atoms with Crippen molar-refractivity contribution in [3.05, 3.63) is 98.7 Å². The number of aromatic nitrogens is 4. The number of hydrogen-bond acceptors (Lipinski definition) is 12. The second kappa shape index (κ2) is 17.0. The third-order valence-corrected chi connectivity index (χ3v) is 12.6. The molecule has 1 amide bonds. The Labute approximate surface area is 358 Å². The van der Waals surface area contributed by atoms with E-state index in [-0.39, 0.29) is 47.7 Å². The number of carbonyl (C=O) groups excluding carboxylic acids is 5. The van der Waals surface area contributed by atoms with E-state index < -0.39 is 47.4 Å². The highest BCUT2D eigenvalue weighted by Gasteiger charge is 2.55. The van der Waals surface area contributed by atoms with Gasteiger partial charge in [-0.15, -0.1) is 0 Å². The first-order valence-electron chi connectivity index (χ1n) is 20.5. The molecule has 324 valence electrons. The summed E-state index contributed by atoms with van der Waals surface area (Å²) >= 11 is 0. The highest BCUT2D eigenvalue weighted by molar-refractivity contribution is 6.28. The third kappa shape index (κ3) is 7.33. The number of hydrogen-bond donors (Lipinski definition) is 3. The summed E-state index contributed by atoms with van der Waals surface area (Å²) in [6.07, 6.45) is 4.94. The van der Waals surface area contributed by atoms with E-state index in [9.17, 15) is 24.0 Å². The molecule has 7 rings (SSSR count). The first-order valence-corrected chi connectivity index (χ1v) is 20.5. The smallest absolute Gasteiger partial charge is 0.337 e. The number of methoxy groups -OCH3 is 4. The Kier molecular flexibility index (Phi) is 11.9. The number of amides is 1. The maximum atomic E-state index is 14.9. The molecule has 0 radical (unpaired) electrons. The monoisotopic (exact) mass is 845 g/mol. The van der Waals surface area contributed by atoms with Crippen molar-refractivity contribution in [2.24, 2.45) is 0 Å². The molecule has 2 unspecified atom stereocenters. The first kappa shape index (κ1) is 43.5. The summed E-state index contributed by atoms with van der Waals surface area (Å²) in [4.78, 5) is 84.6. The fraction of sp³-hybridized carbons (Fsp3) is 0.383. The van der Waals surface area contributed by atoms with Gasteiger partial charge in [0.25, 0.3) is 5.91 Å². The number of H-pyrrole nitrogens is 2. The highest BCUT2D eigenvalue weighted by Crippen LogP contribution is 2.46. The Morgan fingerprint density at radius 1 is 0.871 bits per heavy atom. The van der Waals surface area contributed by atoms with Crippen LogP contribution in [0, 0.1) is 13.8 Å². The average Bonchev–Trinajstić information content (AvgIpc) is 4.10. The van der Waals surface area contributed by atoms with Gasteiger partial charge in [0.1, 0.15) is 11.7 Å². The first-order chi connectivity index (χ1) is 29.6. The second-order valence-electron chi connectivity index (χ2n) is 15.8. The topological polar surface area (TPSA) is 201 Å². The van der Waals surface area contributed by atoms with E-state index in [1.807, 2.05) is 32.1 Å². The molecule has 62 heavy (non-hydrogen) atoms. The van der Waals surface area contributed by atoms with Gasteiger partial charge < -0.3 is 39.0 Å². The quantitative estimate of drug-likeness (QED) is 0.108. The lowest BCUT2D eigenvalue weighted by Gasteiger charge is -2.26. The molecule has 3 aromatic heterocycles. The van der Waals surface area contributed by atoms with Crippen LogP contribution >= 0.6 is 0 Å². The minimum atomic E-state index is -1.54. The van der Waals surface area contributed by atoms with Crippen LogP contribution in [0.3, 0.4) is 0 Å². The number of aryl methyl sites for hydroxylation is 3. The molecule has 0 aliphatic carbocycles. The summed E-state index contributed by atoms with van der Waals surface area (Å²) in [7, 11) is 5.00. The third-order valence-electron chi connectivity index (χ3n) is 12.6. The molecule has 3 N–H and O–H groups in total. The summed E-state index contributed by atoms with van der Waals surface area (Å²) in [5.41, 5.74) is 8.51. The van der Waals surface area contributed by atoms with Crippen LogP contribution in [0.5, 0.6) is 0 Å². The van der Waals surface area contributed by atoms with Crippen molar-refractivity contribution in [2.75, 3.05) is 35.0 Å². The molecule has 0 saturated heterocycles. The van der Waals surface area contributed by atoms with E-state index in [0.29, 0.717) is 41.1 Å². The number of ether oxygens (including phenoxy) is 5. The average molecular weight is 846 g/mol. The maximum Gasteiger partial charge on any atom is 0.337 e. The van der Waals surface area contributed by atoms with Gasteiger partial charge in [0.05, 0.1) is 75.2 Å². The van der Waals surface area contributed by atoms with Gasteiger partial charge in [0.15, 0.2) is 0 Å². The van der Waals surface area contributed by atoms with Gasteiger partial charge in [-0.3, -0.25) is 19.4 Å². The van der Waals surface area contributed by atoms with Crippen LogP contribution < -0.4 is 5.32 Å². The SMILES string of the molecule is C=Cc1c(C)c2cc3nc(c(CC(=O)OC)c4nc(cc5[nH]c(cc1[nH]2)c(C)c5CC)C(C)=C4C(=O)NCC12C=CC(O1)C(C(=O)OC)=C2C(=O)OC)[C@@H](CCC(=O)OC)[C@@H]3C. The van der Waals surface area contributed by atoms with Gasteiger partial charge in [0, 0.05) is 57.1 Å². The summed E-state index contributed by atoms with van der Waals surface area (Å²) in [5.74, 6) is -3.83. The highest BCUT2D eigenvalue weighted by atomic mass is 16.6. The Hall–Kier alpha value is -6.61. The van der Waals surface area contributed by atoms with E-state index in [2.05, 4.69) is 41.8 Å². The Morgan fingerprint density at radius 2 is 1.56 bits per heavy atom. The Balaban J connectivity index is 1.51. The van der Waals surface area contributed by atoms with Gasteiger partial charge in [-0.1, -0.05) is 32.6 Å². The van der Waals surface area contributed by atoms with Gasteiger partial charge in [-0.25, -0.2) is 14.6 Å². The van der Waals surface area contributed by atoms with E-state index >= 15 is 0 Å². The molecule has 4 aliphatic rings. The van der Waals surface area contributed by atoms with Crippen molar-refractivity contribution >= 4 is 69.1 Å². The molecule has 4 atom stereocenters. The lowest BCUT2D eigenvalue weighted by atomic mass is 9.84. The summed E-state index contributed by atoms with van der Waals surface area (Å²) in [6.45, 7) is 13.8. The van der Waals surface area contributed by atoms with Gasteiger partial charge in [-0.2, -0.15) is 0 Å². The van der Waals surface area contributed by atoms with E-state index in [0.717, 1.165) is 44.3 Å². The molecule has 7 heterocycles. The van der Waals surface area contributed by atoms with Crippen molar-refractivity contribution < 1.29 is 47.7 Å². The van der Waals surface area contributed by atoms with Crippen LogP contribution in [-0.4, -0.2) is 96.4 Å². The number of allylic oxidation sites excluding steroid dienone is 1. The molecule has 0 aromatic carbocycles. The fourth-order valence-corrected chi connectivity index (χ4v) is 9.12. The second-order valence-corrected chi connectivity index (χ2v) is 15.8. The van der Waals surface area contributed by atoms with Crippen LogP contribution in [0.1, 0.15) is 96.0 Å². The molecule has 4 aliphatic heterocycles. The molecule has 10 bridgehead atoms. The summed E-state index contributed by atoms with van der Waals surface area (Å²) in [6, 6.07) is 5.93. The van der Waals surface area contributed by atoms with Gasteiger partial charge in [0.2, 0.25) is 0 Å². The van der Waals surface area contributed by atoms with Crippen molar-refractivity contribution in [1.82, 2.24) is 25.3 Å². The molecule has 0 spiro atoms. The van der Waals surface area contributed by atoms with Crippen molar-refractivity contribution in [3.63, 3.8) is 0 Å². The lowest BCUT2D eigenvalue weighted by Crippen LogP contribution is -2.44. The molecular formula is C47H51N5O10. The zero-order valence-electron chi connectivity index (χ0n) is 36.4.